The van der Waals surface area contributed by atoms with E-state index >= 15 is 0 Å². The van der Waals surface area contributed by atoms with E-state index in [4.69, 9.17) is 5.26 Å². The zero-order chi connectivity index (χ0) is 14.6. The second-order valence-corrected chi connectivity index (χ2v) is 6.49. The highest BCUT2D eigenvalue weighted by Gasteiger charge is 2.19. The summed E-state index contributed by atoms with van der Waals surface area (Å²) in [4.78, 5) is 0.127. The molecule has 2 N–H and O–H groups in total. The molecule has 0 spiro atoms. The van der Waals surface area contributed by atoms with Crippen LogP contribution in [-0.2, 0) is 10.0 Å². The number of sulfonamides is 1. The monoisotopic (exact) mass is 282 g/mol. The molecule has 1 aromatic carbocycles. The molecule has 0 aliphatic carbocycles. The summed E-state index contributed by atoms with van der Waals surface area (Å²) in [6, 6.07) is 6.34. The quantitative estimate of drug-likeness (QED) is 0.848. The summed E-state index contributed by atoms with van der Waals surface area (Å²) < 4.78 is 26.5. The van der Waals surface area contributed by atoms with Crippen molar-refractivity contribution in [2.75, 3.05) is 6.54 Å². The maximum Gasteiger partial charge on any atom is 0.240 e. The zero-order valence-electron chi connectivity index (χ0n) is 11.2. The Morgan fingerprint density at radius 3 is 2.53 bits per heavy atom. The zero-order valence-corrected chi connectivity index (χ0v) is 12.0. The number of aryl methyl sites for hydroxylation is 1. The molecule has 5 nitrogen and oxygen atoms in total. The Balaban J connectivity index is 2.93. The van der Waals surface area contributed by atoms with Gasteiger partial charge in [-0.3, -0.25) is 0 Å². The van der Waals surface area contributed by atoms with Crippen LogP contribution in [0, 0.1) is 24.2 Å². The van der Waals surface area contributed by atoms with Crippen LogP contribution in [-0.4, -0.2) is 26.2 Å². The number of aliphatic hydroxyl groups is 1. The Hall–Kier alpha value is -1.42. The molecule has 0 aliphatic rings. The first-order valence-electron chi connectivity index (χ1n) is 5.96. The van der Waals surface area contributed by atoms with Crippen LogP contribution in [0.2, 0.25) is 0 Å². The predicted molar refractivity (Wildman–Crippen MR) is 71.9 cm³/mol. The van der Waals surface area contributed by atoms with Crippen molar-refractivity contribution >= 4 is 10.0 Å². The number of nitrogens with one attached hydrogen (secondary N) is 1. The lowest BCUT2D eigenvalue weighted by Crippen LogP contribution is -2.35. The van der Waals surface area contributed by atoms with E-state index in [2.05, 4.69) is 4.72 Å². The molecule has 1 rings (SSSR count). The van der Waals surface area contributed by atoms with E-state index in [1.54, 1.807) is 6.92 Å². The highest BCUT2D eigenvalue weighted by molar-refractivity contribution is 7.89. The lowest BCUT2D eigenvalue weighted by Gasteiger charge is -2.16. The van der Waals surface area contributed by atoms with Crippen molar-refractivity contribution in [3.05, 3.63) is 29.3 Å². The topological polar surface area (TPSA) is 90.2 Å². The molecule has 0 aliphatic heterocycles. The lowest BCUT2D eigenvalue weighted by atomic mass is 10.1. The molecule has 0 amide bonds. The summed E-state index contributed by atoms with van der Waals surface area (Å²) in [5, 5.41) is 18.4. The minimum absolute atomic E-state index is 0.0234. The van der Waals surface area contributed by atoms with Crippen LogP contribution in [0.25, 0.3) is 0 Å². The normalized spacial score (nSPS) is 13.3. The van der Waals surface area contributed by atoms with Gasteiger partial charge in [0.05, 0.1) is 22.6 Å². The Kier molecular flexibility index (Phi) is 5.06. The molecule has 0 aromatic heterocycles. The number of aliphatic hydroxyl groups excluding tert-OH is 1. The number of hydrogen-bond donors (Lipinski definition) is 2. The fourth-order valence-electron chi connectivity index (χ4n) is 1.53. The van der Waals surface area contributed by atoms with Crippen molar-refractivity contribution < 1.29 is 13.5 Å². The summed E-state index contributed by atoms with van der Waals surface area (Å²) >= 11 is 0. The smallest absolute Gasteiger partial charge is 0.240 e. The van der Waals surface area contributed by atoms with E-state index < -0.39 is 16.1 Å². The first kappa shape index (κ1) is 15.6. The summed E-state index contributed by atoms with van der Waals surface area (Å²) in [5.41, 5.74) is 0.921. The van der Waals surface area contributed by atoms with Crippen LogP contribution >= 0.6 is 0 Å². The van der Waals surface area contributed by atoms with Gasteiger partial charge in [-0.15, -0.1) is 0 Å². The second kappa shape index (κ2) is 6.15. The first-order chi connectivity index (χ1) is 8.77. The molecular weight excluding hydrogens is 264 g/mol. The van der Waals surface area contributed by atoms with Gasteiger partial charge in [0.1, 0.15) is 0 Å². The third-order valence-electron chi connectivity index (χ3n) is 2.85. The summed E-state index contributed by atoms with van der Waals surface area (Å²) in [7, 11) is -3.66. The van der Waals surface area contributed by atoms with Crippen LogP contribution < -0.4 is 4.72 Å². The van der Waals surface area contributed by atoms with Gasteiger partial charge < -0.3 is 5.11 Å². The first-order valence-corrected chi connectivity index (χ1v) is 7.44. The van der Waals surface area contributed by atoms with E-state index in [1.807, 2.05) is 19.9 Å². The van der Waals surface area contributed by atoms with Crippen molar-refractivity contribution in [3.63, 3.8) is 0 Å². The van der Waals surface area contributed by atoms with Crippen molar-refractivity contribution in [3.8, 4) is 6.07 Å². The van der Waals surface area contributed by atoms with Crippen LogP contribution in [0.3, 0.4) is 0 Å². The van der Waals surface area contributed by atoms with Gasteiger partial charge in [0.2, 0.25) is 10.0 Å². The molecule has 1 unspecified atom stereocenters. The van der Waals surface area contributed by atoms with Crippen LogP contribution in [0.4, 0.5) is 0 Å². The molecule has 0 radical (unpaired) electrons. The van der Waals surface area contributed by atoms with Gasteiger partial charge in [-0.1, -0.05) is 13.8 Å². The van der Waals surface area contributed by atoms with Crippen LogP contribution in [0.5, 0.6) is 0 Å². The third-order valence-corrected chi connectivity index (χ3v) is 4.43. The van der Waals surface area contributed by atoms with Crippen molar-refractivity contribution in [1.29, 1.82) is 5.26 Å². The van der Waals surface area contributed by atoms with Gasteiger partial charge in [0.25, 0.3) is 0 Å². The maximum absolute atomic E-state index is 12.1. The number of benzene rings is 1. The molecule has 104 valence electrons. The average molecular weight is 282 g/mol. The molecule has 0 fully saturated rings. The van der Waals surface area contributed by atoms with Gasteiger partial charge in [-0.25, -0.2) is 13.1 Å². The molecule has 1 atom stereocenters. The molecule has 0 saturated heterocycles. The molecule has 0 bridgehead atoms. The highest BCUT2D eigenvalue weighted by atomic mass is 32.2. The average Bonchev–Trinajstić information content (AvgIpc) is 2.35. The largest absolute Gasteiger partial charge is 0.391 e. The molecule has 0 saturated carbocycles. The number of rotatable bonds is 5. The Morgan fingerprint density at radius 1 is 1.42 bits per heavy atom. The van der Waals surface area contributed by atoms with E-state index in [-0.39, 0.29) is 17.4 Å². The number of nitriles is 1. The fraction of sp³-hybridized carbons (Fsp3) is 0.462. The van der Waals surface area contributed by atoms with Crippen LogP contribution in [0.1, 0.15) is 25.0 Å². The Morgan fingerprint density at radius 2 is 2.05 bits per heavy atom. The van der Waals surface area contributed by atoms with Gasteiger partial charge in [-0.05, 0) is 36.6 Å². The fourth-order valence-corrected chi connectivity index (χ4v) is 2.80. The standard InChI is InChI=1S/C13H18N2O3S/c1-9(2)12(16)8-15-19(17,18)13-5-4-11(7-14)6-10(13)3/h4-6,9,12,15-16H,8H2,1-3H3. The van der Waals surface area contributed by atoms with Crippen molar-refractivity contribution in [1.82, 2.24) is 4.72 Å². The summed E-state index contributed by atoms with van der Waals surface area (Å²) in [6.45, 7) is 5.23. The highest BCUT2D eigenvalue weighted by Crippen LogP contribution is 2.16. The molecular formula is C13H18N2O3S. The molecule has 6 heteroatoms. The minimum atomic E-state index is -3.66. The van der Waals surface area contributed by atoms with Gasteiger partial charge >= 0.3 is 0 Å². The van der Waals surface area contributed by atoms with E-state index in [1.165, 1.54) is 18.2 Å². The van der Waals surface area contributed by atoms with E-state index in [9.17, 15) is 13.5 Å². The summed E-state index contributed by atoms with van der Waals surface area (Å²) in [5.74, 6) is -0.0234. The number of nitrogens with zero attached hydrogens (tertiary/aromatic N) is 1. The lowest BCUT2D eigenvalue weighted by molar-refractivity contribution is 0.129. The Labute approximate surface area is 113 Å². The molecule has 19 heavy (non-hydrogen) atoms. The SMILES string of the molecule is Cc1cc(C#N)ccc1S(=O)(=O)NCC(O)C(C)C. The van der Waals surface area contributed by atoms with Crippen molar-refractivity contribution in [2.45, 2.75) is 31.8 Å². The Bertz CT molecular complexity index is 588. The number of hydrogen-bond acceptors (Lipinski definition) is 4. The molecule has 1 aromatic rings. The maximum atomic E-state index is 12.1. The van der Waals surface area contributed by atoms with Gasteiger partial charge in [0, 0.05) is 6.54 Å². The second-order valence-electron chi connectivity index (χ2n) is 4.76. The minimum Gasteiger partial charge on any atom is -0.391 e. The van der Waals surface area contributed by atoms with Crippen LogP contribution in [0.15, 0.2) is 23.1 Å². The van der Waals surface area contributed by atoms with E-state index in [0.717, 1.165) is 0 Å². The predicted octanol–water partition coefficient (Wildman–Crippen LogP) is 1.16. The van der Waals surface area contributed by atoms with E-state index in [0.29, 0.717) is 11.1 Å². The third kappa shape index (κ3) is 4.03. The van der Waals surface area contributed by atoms with Gasteiger partial charge in [0.15, 0.2) is 0 Å². The van der Waals surface area contributed by atoms with Crippen molar-refractivity contribution in [2.24, 2.45) is 5.92 Å². The van der Waals surface area contributed by atoms with Gasteiger partial charge in [-0.2, -0.15) is 5.26 Å². The summed E-state index contributed by atoms with van der Waals surface area (Å²) in [6.07, 6.45) is -0.728. The molecule has 0 heterocycles.